The van der Waals surface area contributed by atoms with Gasteiger partial charge in [0.25, 0.3) is 6.29 Å². The highest BCUT2D eigenvalue weighted by Gasteiger charge is 2.36. The first-order valence-corrected chi connectivity index (χ1v) is 8.45. The summed E-state index contributed by atoms with van der Waals surface area (Å²) in [7, 11) is 0. The highest BCUT2D eigenvalue weighted by molar-refractivity contribution is 6.42. The zero-order chi connectivity index (χ0) is 18.8. The first-order valence-electron chi connectivity index (χ1n) is 8.07. The van der Waals surface area contributed by atoms with Crippen molar-refractivity contribution in [2.45, 2.75) is 27.1 Å². The van der Waals surface area contributed by atoms with E-state index < -0.39 is 18.2 Å². The molecule has 0 saturated carbocycles. The number of halogens is 1. The van der Waals surface area contributed by atoms with Crippen molar-refractivity contribution in [3.63, 3.8) is 0 Å². The largest absolute Gasteiger partial charge is 0.415 e. The molecule has 2 aromatic carbocycles. The summed E-state index contributed by atoms with van der Waals surface area (Å²) < 4.78 is 10.4. The van der Waals surface area contributed by atoms with Crippen molar-refractivity contribution >= 4 is 29.2 Å². The van der Waals surface area contributed by atoms with Crippen molar-refractivity contribution in [3.8, 4) is 0 Å². The summed E-state index contributed by atoms with van der Waals surface area (Å²) in [5, 5.41) is 2.90. The van der Waals surface area contributed by atoms with E-state index in [-0.39, 0.29) is 10.7 Å². The van der Waals surface area contributed by atoms with Crippen LogP contribution in [-0.4, -0.2) is 18.2 Å². The van der Waals surface area contributed by atoms with Gasteiger partial charge in [-0.25, -0.2) is 9.59 Å². The van der Waals surface area contributed by atoms with Crippen LogP contribution < -0.4 is 5.32 Å². The van der Waals surface area contributed by atoms with Crippen LogP contribution in [0.1, 0.15) is 27.0 Å². The van der Waals surface area contributed by atoms with Gasteiger partial charge in [0.2, 0.25) is 0 Å². The maximum atomic E-state index is 12.3. The molecule has 134 valence electrons. The molecular formula is C20H18ClNO4. The molecule has 2 aromatic rings. The van der Waals surface area contributed by atoms with Crippen LogP contribution in [-0.2, 0) is 14.3 Å². The van der Waals surface area contributed by atoms with E-state index in [9.17, 15) is 9.59 Å². The number of hydrogen-bond acceptors (Lipinski definition) is 5. The third-order valence-electron chi connectivity index (χ3n) is 4.15. The number of esters is 2. The SMILES string of the molecule is Cc1ccc(C(=O)O[C@@H]2OC(=O)C(Cl)=C2Nc2ccc(C)c(C)c2)cc1. The number of nitrogens with one attached hydrogen (secondary N) is 1. The van der Waals surface area contributed by atoms with Crippen LogP contribution in [0.15, 0.2) is 53.2 Å². The van der Waals surface area contributed by atoms with Gasteiger partial charge < -0.3 is 14.8 Å². The Balaban J connectivity index is 1.80. The topological polar surface area (TPSA) is 64.6 Å². The molecule has 1 aliphatic heterocycles. The number of rotatable bonds is 4. The Morgan fingerprint density at radius 1 is 1.08 bits per heavy atom. The van der Waals surface area contributed by atoms with Crippen LogP contribution in [0, 0.1) is 20.8 Å². The molecule has 1 atom stereocenters. The minimum Gasteiger partial charge on any atom is -0.415 e. The van der Waals surface area contributed by atoms with Crippen molar-refractivity contribution in [2.75, 3.05) is 5.32 Å². The lowest BCUT2D eigenvalue weighted by Gasteiger charge is -2.17. The summed E-state index contributed by atoms with van der Waals surface area (Å²) in [6.45, 7) is 5.89. The normalized spacial score (nSPS) is 16.5. The summed E-state index contributed by atoms with van der Waals surface area (Å²) in [5.74, 6) is -1.34. The van der Waals surface area contributed by atoms with Gasteiger partial charge in [0.15, 0.2) is 5.03 Å². The van der Waals surface area contributed by atoms with Gasteiger partial charge in [-0.05, 0) is 56.2 Å². The predicted octanol–water partition coefficient (Wildman–Crippen LogP) is 4.21. The summed E-state index contributed by atoms with van der Waals surface area (Å²) >= 11 is 6.05. The molecule has 1 aliphatic rings. The lowest BCUT2D eigenvalue weighted by Crippen LogP contribution is -2.24. The Bertz CT molecular complexity index is 903. The van der Waals surface area contributed by atoms with Gasteiger partial charge in [-0.3, -0.25) is 0 Å². The van der Waals surface area contributed by atoms with Gasteiger partial charge >= 0.3 is 11.9 Å². The Morgan fingerprint density at radius 3 is 2.42 bits per heavy atom. The molecule has 6 heteroatoms. The number of cyclic esters (lactones) is 1. The first kappa shape index (κ1) is 18.0. The molecule has 0 unspecified atom stereocenters. The van der Waals surface area contributed by atoms with Crippen molar-refractivity contribution in [1.29, 1.82) is 0 Å². The van der Waals surface area contributed by atoms with E-state index >= 15 is 0 Å². The molecule has 0 saturated heterocycles. The van der Waals surface area contributed by atoms with Crippen LogP contribution >= 0.6 is 11.6 Å². The lowest BCUT2D eigenvalue weighted by atomic mass is 10.1. The van der Waals surface area contributed by atoms with Crippen LogP contribution in [0.3, 0.4) is 0 Å². The van der Waals surface area contributed by atoms with Crippen LogP contribution in [0.2, 0.25) is 0 Å². The molecule has 0 aliphatic carbocycles. The Kier molecular flexibility index (Phi) is 5.00. The van der Waals surface area contributed by atoms with Crippen molar-refractivity contribution in [1.82, 2.24) is 0 Å². The van der Waals surface area contributed by atoms with E-state index in [4.69, 9.17) is 21.1 Å². The van der Waals surface area contributed by atoms with Crippen molar-refractivity contribution in [2.24, 2.45) is 0 Å². The van der Waals surface area contributed by atoms with Gasteiger partial charge in [-0.15, -0.1) is 0 Å². The van der Waals surface area contributed by atoms with Gasteiger partial charge in [0.1, 0.15) is 5.70 Å². The molecule has 5 nitrogen and oxygen atoms in total. The standard InChI is InChI=1S/C20H18ClNO4/c1-11-4-7-14(8-5-11)18(23)25-20-17(16(21)19(24)26-20)22-15-9-6-12(2)13(3)10-15/h4-10,20,22H,1-3H3/t20-/m1/s1. The summed E-state index contributed by atoms with van der Waals surface area (Å²) in [5.41, 5.74) is 4.52. The number of hydrogen-bond donors (Lipinski definition) is 1. The van der Waals surface area contributed by atoms with Crippen LogP contribution in [0.5, 0.6) is 0 Å². The molecular weight excluding hydrogens is 354 g/mol. The van der Waals surface area contributed by atoms with Gasteiger partial charge in [0, 0.05) is 5.69 Å². The summed E-state index contributed by atoms with van der Waals surface area (Å²) in [6.07, 6.45) is -1.22. The van der Waals surface area contributed by atoms with E-state index in [2.05, 4.69) is 5.32 Å². The molecule has 0 aromatic heterocycles. The van der Waals surface area contributed by atoms with Gasteiger partial charge in [-0.1, -0.05) is 35.4 Å². The van der Waals surface area contributed by atoms with E-state index in [1.165, 1.54) is 0 Å². The Hall–Kier alpha value is -2.79. The number of aryl methyl sites for hydroxylation is 3. The van der Waals surface area contributed by atoms with Crippen molar-refractivity contribution in [3.05, 3.63) is 75.4 Å². The molecule has 0 bridgehead atoms. The van der Waals surface area contributed by atoms with E-state index in [0.29, 0.717) is 5.56 Å². The molecule has 1 N–H and O–H groups in total. The quantitative estimate of drug-likeness (QED) is 0.815. The minimum absolute atomic E-state index is 0.134. The second kappa shape index (κ2) is 7.22. The second-order valence-corrected chi connectivity index (χ2v) is 6.54. The molecule has 0 amide bonds. The molecule has 26 heavy (non-hydrogen) atoms. The number of carbonyl (C=O) groups is 2. The fraction of sp³-hybridized carbons (Fsp3) is 0.200. The fourth-order valence-electron chi connectivity index (χ4n) is 2.45. The van der Waals surface area contributed by atoms with E-state index in [0.717, 1.165) is 22.4 Å². The van der Waals surface area contributed by atoms with Gasteiger partial charge in [0.05, 0.1) is 5.56 Å². The highest BCUT2D eigenvalue weighted by Crippen LogP contribution is 2.29. The zero-order valence-electron chi connectivity index (χ0n) is 14.6. The van der Waals surface area contributed by atoms with E-state index in [1.807, 2.05) is 39.0 Å². The Morgan fingerprint density at radius 2 is 1.77 bits per heavy atom. The lowest BCUT2D eigenvalue weighted by molar-refractivity contribution is -0.152. The first-order chi connectivity index (χ1) is 12.3. The van der Waals surface area contributed by atoms with E-state index in [1.54, 1.807) is 24.3 Å². The fourth-order valence-corrected chi connectivity index (χ4v) is 2.63. The van der Waals surface area contributed by atoms with Gasteiger partial charge in [-0.2, -0.15) is 0 Å². The number of benzene rings is 2. The zero-order valence-corrected chi connectivity index (χ0v) is 15.4. The number of anilines is 1. The second-order valence-electron chi connectivity index (χ2n) is 6.16. The predicted molar refractivity (Wildman–Crippen MR) is 98.9 cm³/mol. The average molecular weight is 372 g/mol. The third kappa shape index (κ3) is 3.73. The summed E-state index contributed by atoms with van der Waals surface area (Å²) in [6, 6.07) is 12.6. The minimum atomic E-state index is -1.22. The molecule has 1 heterocycles. The molecule has 0 fully saturated rings. The third-order valence-corrected chi connectivity index (χ3v) is 4.51. The maximum absolute atomic E-state index is 12.3. The molecule has 0 radical (unpaired) electrons. The highest BCUT2D eigenvalue weighted by atomic mass is 35.5. The number of ether oxygens (including phenoxy) is 2. The number of carbonyl (C=O) groups excluding carboxylic acids is 2. The smallest absolute Gasteiger partial charge is 0.355 e. The average Bonchev–Trinajstić information content (AvgIpc) is 2.86. The van der Waals surface area contributed by atoms with Crippen molar-refractivity contribution < 1.29 is 19.1 Å². The monoisotopic (exact) mass is 371 g/mol. The molecule has 3 rings (SSSR count). The van der Waals surface area contributed by atoms with Crippen LogP contribution in [0.4, 0.5) is 5.69 Å². The van der Waals surface area contributed by atoms with Crippen LogP contribution in [0.25, 0.3) is 0 Å². The maximum Gasteiger partial charge on any atom is 0.355 e. The summed E-state index contributed by atoms with van der Waals surface area (Å²) in [4.78, 5) is 24.1. The Labute approximate surface area is 156 Å². The molecule has 0 spiro atoms.